The lowest BCUT2D eigenvalue weighted by Crippen LogP contribution is -2.33. The minimum Gasteiger partial charge on any atom is -0.480 e. The van der Waals surface area contributed by atoms with Crippen molar-refractivity contribution < 1.29 is 14.3 Å². The number of imidazole rings is 1. The number of ether oxygens (including phenoxy) is 2. The second-order valence-corrected chi connectivity index (χ2v) is 8.79. The first-order chi connectivity index (χ1) is 15.5. The number of para-hydroxylation sites is 2. The van der Waals surface area contributed by atoms with Crippen LogP contribution in [0.15, 0.2) is 24.3 Å². The molecule has 168 valence electrons. The summed E-state index contributed by atoms with van der Waals surface area (Å²) >= 11 is 1.33. The smallest absolute Gasteiger partial charge is 0.262 e. The molecule has 4 rings (SSSR count). The first kappa shape index (κ1) is 22.2. The number of aromatic amines is 1. The van der Waals surface area contributed by atoms with E-state index in [1.54, 1.807) is 14.2 Å². The van der Waals surface area contributed by atoms with E-state index in [1.807, 2.05) is 31.2 Å². The van der Waals surface area contributed by atoms with Crippen molar-refractivity contribution in [3.05, 3.63) is 46.4 Å². The molecule has 0 radical (unpaired) electrons. The molecule has 0 bridgehead atoms. The maximum absolute atomic E-state index is 13.4. The van der Waals surface area contributed by atoms with E-state index in [0.29, 0.717) is 21.4 Å². The fraction of sp³-hybridized carbons (Fsp3) is 0.391. The van der Waals surface area contributed by atoms with Crippen molar-refractivity contribution in [1.82, 2.24) is 25.3 Å². The summed E-state index contributed by atoms with van der Waals surface area (Å²) in [6.45, 7) is 6.39. The number of fused-ring (bicyclic) bond motifs is 2. The van der Waals surface area contributed by atoms with Crippen LogP contribution in [0.25, 0.3) is 21.3 Å². The van der Waals surface area contributed by atoms with E-state index >= 15 is 0 Å². The third kappa shape index (κ3) is 4.05. The van der Waals surface area contributed by atoms with E-state index in [0.717, 1.165) is 34.2 Å². The van der Waals surface area contributed by atoms with Crippen LogP contribution in [-0.4, -0.2) is 40.1 Å². The molecule has 0 spiro atoms. The Balaban J connectivity index is 1.71. The molecule has 4 aromatic rings. The van der Waals surface area contributed by atoms with Crippen LogP contribution < -0.4 is 10.1 Å². The molecule has 1 aromatic carbocycles. The number of carbonyl (C=O) groups excluding carboxylic acids is 1. The molecule has 32 heavy (non-hydrogen) atoms. The van der Waals surface area contributed by atoms with E-state index in [1.165, 1.54) is 11.3 Å². The normalized spacial score (nSPS) is 13.4. The number of hydrogen-bond acceptors (Lipinski definition) is 7. The average Bonchev–Trinajstić information content (AvgIpc) is 3.37. The number of hydrogen-bond donors (Lipinski definition) is 2. The van der Waals surface area contributed by atoms with Crippen molar-refractivity contribution >= 4 is 38.5 Å². The minimum atomic E-state index is -0.249. The van der Waals surface area contributed by atoms with Gasteiger partial charge in [0.2, 0.25) is 5.88 Å². The lowest BCUT2D eigenvalue weighted by molar-refractivity contribution is 0.0924. The van der Waals surface area contributed by atoms with Crippen molar-refractivity contribution in [3.63, 3.8) is 0 Å². The van der Waals surface area contributed by atoms with Gasteiger partial charge in [-0.2, -0.15) is 4.98 Å². The van der Waals surface area contributed by atoms with Gasteiger partial charge in [0.05, 0.1) is 34.4 Å². The van der Waals surface area contributed by atoms with Crippen LogP contribution >= 0.6 is 11.3 Å². The predicted molar refractivity (Wildman–Crippen MR) is 125 cm³/mol. The largest absolute Gasteiger partial charge is 0.480 e. The molecule has 0 aliphatic rings. The first-order valence-electron chi connectivity index (χ1n) is 10.5. The predicted octanol–water partition coefficient (Wildman–Crippen LogP) is 4.55. The molecule has 3 aromatic heterocycles. The van der Waals surface area contributed by atoms with E-state index in [-0.39, 0.29) is 24.5 Å². The van der Waals surface area contributed by atoms with Crippen molar-refractivity contribution in [1.29, 1.82) is 0 Å². The number of benzene rings is 1. The molecule has 0 aliphatic heterocycles. The van der Waals surface area contributed by atoms with E-state index in [9.17, 15) is 4.79 Å². The molecule has 0 aliphatic carbocycles. The standard InChI is InChI=1S/C23H27N5O3S/c1-6-12(2)18(20-24-14-9-7-8-10-15(14)25-20)28-21(29)19-13(3)17-22(31-5)26-16(11-30-4)27-23(17)32-19/h7-10,12,18H,6,11H2,1-5H3,(H,24,25)(H,28,29). The van der Waals surface area contributed by atoms with Gasteiger partial charge in [-0.1, -0.05) is 32.4 Å². The summed E-state index contributed by atoms with van der Waals surface area (Å²) < 4.78 is 10.6. The van der Waals surface area contributed by atoms with Crippen LogP contribution in [0.5, 0.6) is 5.88 Å². The number of methoxy groups -OCH3 is 2. The molecule has 9 heteroatoms. The average molecular weight is 454 g/mol. The van der Waals surface area contributed by atoms with Crippen LogP contribution in [0, 0.1) is 12.8 Å². The Morgan fingerprint density at radius 1 is 1.22 bits per heavy atom. The zero-order valence-electron chi connectivity index (χ0n) is 18.9. The molecule has 0 saturated heterocycles. The summed E-state index contributed by atoms with van der Waals surface area (Å²) in [5.41, 5.74) is 2.64. The van der Waals surface area contributed by atoms with Crippen LogP contribution in [0.2, 0.25) is 0 Å². The number of carbonyl (C=O) groups is 1. The van der Waals surface area contributed by atoms with Gasteiger partial charge in [-0.3, -0.25) is 4.79 Å². The van der Waals surface area contributed by atoms with Gasteiger partial charge in [-0.05, 0) is 30.5 Å². The van der Waals surface area contributed by atoms with Crippen LogP contribution in [0.3, 0.4) is 0 Å². The Labute approximate surface area is 190 Å². The summed E-state index contributed by atoms with van der Waals surface area (Å²) in [7, 11) is 3.15. The van der Waals surface area contributed by atoms with Gasteiger partial charge < -0.3 is 19.8 Å². The Bertz CT molecular complexity index is 1230. The maximum atomic E-state index is 13.4. The zero-order valence-corrected chi connectivity index (χ0v) is 19.7. The van der Waals surface area contributed by atoms with Gasteiger partial charge in [-0.25, -0.2) is 9.97 Å². The molecular weight excluding hydrogens is 426 g/mol. The highest BCUT2D eigenvalue weighted by Crippen LogP contribution is 2.36. The number of nitrogens with one attached hydrogen (secondary N) is 2. The number of thiophene rings is 1. The Kier molecular flexibility index (Phi) is 6.38. The van der Waals surface area contributed by atoms with Crippen LogP contribution in [-0.2, 0) is 11.3 Å². The molecule has 2 atom stereocenters. The topological polar surface area (TPSA) is 102 Å². The first-order valence-corrected chi connectivity index (χ1v) is 11.4. The van der Waals surface area contributed by atoms with Gasteiger partial charge in [0, 0.05) is 7.11 Å². The number of nitrogens with zero attached hydrogens (tertiary/aromatic N) is 3. The molecule has 8 nitrogen and oxygen atoms in total. The van der Waals surface area contributed by atoms with Gasteiger partial charge in [0.25, 0.3) is 5.91 Å². The van der Waals surface area contributed by atoms with Crippen molar-refractivity contribution in [2.45, 2.75) is 39.8 Å². The number of H-pyrrole nitrogens is 1. The summed E-state index contributed by atoms with van der Waals surface area (Å²) in [6, 6.07) is 7.62. The summed E-state index contributed by atoms with van der Waals surface area (Å²) in [5.74, 6) is 1.76. The summed E-state index contributed by atoms with van der Waals surface area (Å²) in [5, 5.41) is 3.96. The van der Waals surface area contributed by atoms with Gasteiger partial charge in [0.1, 0.15) is 17.3 Å². The molecule has 0 fully saturated rings. The molecule has 3 heterocycles. The fourth-order valence-corrected chi connectivity index (χ4v) is 4.84. The number of aromatic nitrogens is 4. The molecule has 2 unspecified atom stereocenters. The molecule has 0 saturated carbocycles. The highest BCUT2D eigenvalue weighted by atomic mass is 32.1. The SMILES string of the molecule is CCC(C)C(NC(=O)c1sc2nc(COC)nc(OC)c2c1C)c1nc2ccccc2[nH]1. The van der Waals surface area contributed by atoms with Gasteiger partial charge >= 0.3 is 0 Å². The summed E-state index contributed by atoms with van der Waals surface area (Å²) in [4.78, 5) is 31.8. The lowest BCUT2D eigenvalue weighted by atomic mass is 9.98. The number of amides is 1. The highest BCUT2D eigenvalue weighted by Gasteiger charge is 2.27. The molecule has 2 N–H and O–H groups in total. The van der Waals surface area contributed by atoms with Crippen molar-refractivity contribution in [2.75, 3.05) is 14.2 Å². The second kappa shape index (κ2) is 9.22. The van der Waals surface area contributed by atoms with Crippen LogP contribution in [0.4, 0.5) is 0 Å². The van der Waals surface area contributed by atoms with E-state index < -0.39 is 0 Å². The minimum absolute atomic E-state index is 0.161. The second-order valence-electron chi connectivity index (χ2n) is 7.79. The van der Waals surface area contributed by atoms with Gasteiger partial charge in [0.15, 0.2) is 5.82 Å². The van der Waals surface area contributed by atoms with E-state index in [2.05, 4.69) is 34.1 Å². The van der Waals surface area contributed by atoms with Crippen molar-refractivity contribution in [3.8, 4) is 5.88 Å². The Morgan fingerprint density at radius 2 is 2.00 bits per heavy atom. The highest BCUT2D eigenvalue weighted by molar-refractivity contribution is 7.20. The number of rotatable bonds is 8. The Hall–Kier alpha value is -3.04. The zero-order chi connectivity index (χ0) is 22.8. The summed E-state index contributed by atoms with van der Waals surface area (Å²) in [6.07, 6.45) is 0.896. The molecule has 1 amide bonds. The van der Waals surface area contributed by atoms with Crippen molar-refractivity contribution in [2.24, 2.45) is 5.92 Å². The third-order valence-corrected chi connectivity index (χ3v) is 6.86. The Morgan fingerprint density at radius 3 is 2.69 bits per heavy atom. The maximum Gasteiger partial charge on any atom is 0.262 e. The van der Waals surface area contributed by atoms with Gasteiger partial charge in [-0.15, -0.1) is 11.3 Å². The third-order valence-electron chi connectivity index (χ3n) is 5.68. The molecular formula is C23H27N5O3S. The van der Waals surface area contributed by atoms with E-state index in [4.69, 9.17) is 14.5 Å². The van der Waals surface area contributed by atoms with Crippen LogP contribution in [0.1, 0.15) is 53.2 Å². The lowest BCUT2D eigenvalue weighted by Gasteiger charge is -2.22. The monoisotopic (exact) mass is 453 g/mol. The quantitative estimate of drug-likeness (QED) is 0.406. The number of aryl methyl sites for hydroxylation is 1. The fourth-order valence-electron chi connectivity index (χ4n) is 3.74.